The Hall–Kier alpha value is -3.39. The number of fused-ring (bicyclic) bond motifs is 1. The number of aromatic nitrogens is 2. The van der Waals surface area contributed by atoms with Gasteiger partial charge in [0.05, 0.1) is 23.6 Å². The van der Waals surface area contributed by atoms with E-state index in [-0.39, 0.29) is 23.7 Å². The predicted molar refractivity (Wildman–Crippen MR) is 138 cm³/mol. The molecule has 1 atom stereocenters. The predicted octanol–water partition coefficient (Wildman–Crippen LogP) is 3.56. The summed E-state index contributed by atoms with van der Waals surface area (Å²) in [5.74, 6) is 1.54. The smallest absolute Gasteiger partial charge is 0.317 e. The van der Waals surface area contributed by atoms with Crippen LogP contribution in [0.15, 0.2) is 53.3 Å². The Kier molecular flexibility index (Phi) is 8.02. The number of para-hydroxylation sites is 1. The van der Waals surface area contributed by atoms with Crippen LogP contribution in [-0.2, 0) is 13.0 Å². The normalized spacial score (nSPS) is 15.4. The Labute approximate surface area is 206 Å². The molecule has 8 nitrogen and oxygen atoms in total. The quantitative estimate of drug-likeness (QED) is 0.518. The molecule has 4 rings (SSSR count). The number of aryl methyl sites for hydroxylation is 1. The van der Waals surface area contributed by atoms with Crippen molar-refractivity contribution in [1.29, 1.82) is 0 Å². The second-order valence-electron chi connectivity index (χ2n) is 9.49. The number of carbonyl (C=O) groups is 1. The summed E-state index contributed by atoms with van der Waals surface area (Å²) in [5, 5.41) is 3.73. The Morgan fingerprint density at radius 1 is 1.06 bits per heavy atom. The molecular formula is C27H35N5O3. The van der Waals surface area contributed by atoms with E-state index >= 15 is 0 Å². The lowest BCUT2D eigenvalue weighted by Crippen LogP contribution is -2.53. The molecule has 0 bridgehead atoms. The molecule has 1 fully saturated rings. The van der Waals surface area contributed by atoms with Gasteiger partial charge < -0.3 is 19.9 Å². The van der Waals surface area contributed by atoms with Crippen molar-refractivity contribution in [1.82, 2.24) is 25.1 Å². The molecule has 186 valence electrons. The van der Waals surface area contributed by atoms with Gasteiger partial charge >= 0.3 is 6.03 Å². The third kappa shape index (κ3) is 6.82. The van der Waals surface area contributed by atoms with Gasteiger partial charge in [0.25, 0.3) is 5.56 Å². The fraction of sp³-hybridized carbons (Fsp3) is 0.444. The molecule has 1 aliphatic heterocycles. The molecule has 3 aromatic rings. The standard InChI is InChI=1S/C27H35N5O3/c1-19(2)35-22-12-10-21(11-13-22)9-8-20(3)28-27(34)32-16-14-31(15-17-32)18-25-29-24-7-5-4-6-23(24)26(33)30-25/h4-7,10-13,19-20H,8-9,14-18H2,1-3H3,(H,28,34)(H,29,30,33). The molecule has 0 spiro atoms. The van der Waals surface area contributed by atoms with Gasteiger partial charge in [-0.3, -0.25) is 9.69 Å². The van der Waals surface area contributed by atoms with Crippen molar-refractivity contribution < 1.29 is 9.53 Å². The average molecular weight is 478 g/mol. The van der Waals surface area contributed by atoms with Gasteiger partial charge in [0.15, 0.2) is 0 Å². The van der Waals surface area contributed by atoms with Crippen molar-refractivity contribution in [3.05, 3.63) is 70.3 Å². The Balaban J connectivity index is 1.20. The monoisotopic (exact) mass is 477 g/mol. The van der Waals surface area contributed by atoms with Crippen LogP contribution in [0.25, 0.3) is 10.9 Å². The molecule has 1 aliphatic rings. The number of carbonyl (C=O) groups excluding carboxylic acids is 1. The van der Waals surface area contributed by atoms with Gasteiger partial charge in [0.1, 0.15) is 11.6 Å². The zero-order chi connectivity index (χ0) is 24.8. The average Bonchev–Trinajstić information content (AvgIpc) is 2.84. The molecule has 2 aromatic carbocycles. The number of aromatic amines is 1. The fourth-order valence-corrected chi connectivity index (χ4v) is 4.29. The maximum absolute atomic E-state index is 12.7. The first kappa shape index (κ1) is 24.7. The summed E-state index contributed by atoms with van der Waals surface area (Å²) in [6.07, 6.45) is 1.93. The van der Waals surface area contributed by atoms with Gasteiger partial charge in [-0.2, -0.15) is 0 Å². The van der Waals surface area contributed by atoms with Crippen molar-refractivity contribution in [2.75, 3.05) is 26.2 Å². The summed E-state index contributed by atoms with van der Waals surface area (Å²) in [7, 11) is 0. The molecule has 0 aliphatic carbocycles. The van der Waals surface area contributed by atoms with Crippen LogP contribution in [0, 0.1) is 0 Å². The van der Waals surface area contributed by atoms with Crippen molar-refractivity contribution in [3.63, 3.8) is 0 Å². The summed E-state index contributed by atoms with van der Waals surface area (Å²) in [5.41, 5.74) is 1.83. The molecule has 1 aromatic heterocycles. The van der Waals surface area contributed by atoms with Crippen LogP contribution in [-0.4, -0.2) is 64.1 Å². The number of benzene rings is 2. The number of hydrogen-bond donors (Lipinski definition) is 2. The minimum atomic E-state index is -0.113. The number of H-pyrrole nitrogens is 1. The lowest BCUT2D eigenvalue weighted by molar-refractivity contribution is 0.131. The molecule has 0 saturated carbocycles. The highest BCUT2D eigenvalue weighted by atomic mass is 16.5. The minimum absolute atomic E-state index is 0.0185. The van der Waals surface area contributed by atoms with E-state index < -0.39 is 0 Å². The van der Waals surface area contributed by atoms with E-state index in [2.05, 4.69) is 32.3 Å². The van der Waals surface area contributed by atoms with Crippen LogP contribution in [0.4, 0.5) is 4.79 Å². The largest absolute Gasteiger partial charge is 0.491 e. The van der Waals surface area contributed by atoms with Crippen LogP contribution >= 0.6 is 0 Å². The molecule has 1 unspecified atom stereocenters. The Morgan fingerprint density at radius 2 is 1.77 bits per heavy atom. The molecule has 2 heterocycles. The van der Waals surface area contributed by atoms with Gasteiger partial charge in [-0.25, -0.2) is 9.78 Å². The second-order valence-corrected chi connectivity index (χ2v) is 9.49. The van der Waals surface area contributed by atoms with Gasteiger partial charge in [0.2, 0.25) is 0 Å². The number of ether oxygens (including phenoxy) is 1. The van der Waals surface area contributed by atoms with E-state index in [1.807, 2.05) is 56.0 Å². The molecule has 2 amide bonds. The van der Waals surface area contributed by atoms with Crippen molar-refractivity contribution in [2.24, 2.45) is 0 Å². The SMILES string of the molecule is CC(CCc1ccc(OC(C)C)cc1)NC(=O)N1CCN(Cc2nc3ccccc3c(=O)[nH]2)CC1. The van der Waals surface area contributed by atoms with Crippen LogP contribution in [0.1, 0.15) is 38.6 Å². The van der Waals surface area contributed by atoms with E-state index in [1.54, 1.807) is 6.07 Å². The number of rotatable bonds is 8. The maximum Gasteiger partial charge on any atom is 0.317 e. The van der Waals surface area contributed by atoms with Crippen LogP contribution < -0.4 is 15.6 Å². The molecule has 2 N–H and O–H groups in total. The van der Waals surface area contributed by atoms with E-state index in [0.29, 0.717) is 36.4 Å². The number of piperazine rings is 1. The van der Waals surface area contributed by atoms with Crippen molar-refractivity contribution in [3.8, 4) is 5.75 Å². The van der Waals surface area contributed by atoms with E-state index in [4.69, 9.17) is 4.74 Å². The highest BCUT2D eigenvalue weighted by Gasteiger charge is 2.22. The van der Waals surface area contributed by atoms with Crippen LogP contribution in [0.2, 0.25) is 0 Å². The lowest BCUT2D eigenvalue weighted by atomic mass is 10.1. The van der Waals surface area contributed by atoms with Gasteiger partial charge in [-0.1, -0.05) is 24.3 Å². The van der Waals surface area contributed by atoms with Gasteiger partial charge in [-0.05, 0) is 63.4 Å². The zero-order valence-electron chi connectivity index (χ0n) is 20.8. The van der Waals surface area contributed by atoms with Crippen molar-refractivity contribution in [2.45, 2.75) is 52.3 Å². The highest BCUT2D eigenvalue weighted by molar-refractivity contribution is 5.77. The first-order valence-corrected chi connectivity index (χ1v) is 12.4. The maximum atomic E-state index is 12.7. The topological polar surface area (TPSA) is 90.6 Å². The third-order valence-corrected chi connectivity index (χ3v) is 6.23. The molecule has 8 heteroatoms. The minimum Gasteiger partial charge on any atom is -0.491 e. The number of urea groups is 1. The zero-order valence-corrected chi connectivity index (χ0v) is 20.8. The number of hydrogen-bond acceptors (Lipinski definition) is 5. The fourth-order valence-electron chi connectivity index (χ4n) is 4.29. The van der Waals surface area contributed by atoms with Crippen molar-refractivity contribution >= 4 is 16.9 Å². The van der Waals surface area contributed by atoms with Gasteiger partial charge in [0, 0.05) is 32.2 Å². The Bertz CT molecular complexity index is 1180. The summed E-state index contributed by atoms with van der Waals surface area (Å²) in [6.45, 7) is 9.41. The van der Waals surface area contributed by atoms with E-state index in [0.717, 1.165) is 31.7 Å². The third-order valence-electron chi connectivity index (χ3n) is 6.23. The summed E-state index contributed by atoms with van der Waals surface area (Å²) in [4.78, 5) is 36.6. The van der Waals surface area contributed by atoms with Crippen LogP contribution in [0.5, 0.6) is 5.75 Å². The lowest BCUT2D eigenvalue weighted by Gasteiger charge is -2.35. The Morgan fingerprint density at radius 3 is 2.49 bits per heavy atom. The second kappa shape index (κ2) is 11.4. The highest BCUT2D eigenvalue weighted by Crippen LogP contribution is 2.15. The first-order valence-electron chi connectivity index (χ1n) is 12.4. The number of amides is 2. The number of nitrogens with zero attached hydrogens (tertiary/aromatic N) is 3. The first-order chi connectivity index (χ1) is 16.9. The molecule has 35 heavy (non-hydrogen) atoms. The van der Waals surface area contributed by atoms with Crippen LogP contribution in [0.3, 0.4) is 0 Å². The summed E-state index contributed by atoms with van der Waals surface area (Å²) < 4.78 is 5.69. The summed E-state index contributed by atoms with van der Waals surface area (Å²) >= 11 is 0. The molecule has 1 saturated heterocycles. The summed E-state index contributed by atoms with van der Waals surface area (Å²) in [6, 6.07) is 15.6. The molecular weight excluding hydrogens is 442 g/mol. The number of nitrogens with one attached hydrogen (secondary N) is 2. The van der Waals surface area contributed by atoms with E-state index in [9.17, 15) is 9.59 Å². The van der Waals surface area contributed by atoms with Gasteiger partial charge in [-0.15, -0.1) is 0 Å². The van der Waals surface area contributed by atoms with E-state index in [1.165, 1.54) is 5.56 Å². The molecule has 0 radical (unpaired) electrons.